The third kappa shape index (κ3) is 1.63. The predicted molar refractivity (Wildman–Crippen MR) is 56.1 cm³/mol. The summed E-state index contributed by atoms with van der Waals surface area (Å²) >= 11 is 0. The molecular weight excluding hydrogens is 176 g/mol. The molecule has 0 saturated carbocycles. The number of aryl methyl sites for hydroxylation is 1. The third-order valence-electron chi connectivity index (χ3n) is 2.15. The van der Waals surface area contributed by atoms with Gasteiger partial charge in [-0.3, -0.25) is 0 Å². The highest BCUT2D eigenvalue weighted by atomic mass is 16.3. The zero-order valence-corrected chi connectivity index (χ0v) is 8.45. The minimum Gasteiger partial charge on any atom is -0.441 e. The largest absolute Gasteiger partial charge is 0.441 e. The lowest BCUT2D eigenvalue weighted by Crippen LogP contribution is -2.17. The Balaban J connectivity index is 2.53. The van der Waals surface area contributed by atoms with E-state index in [-0.39, 0.29) is 6.04 Å². The number of fused-ring (bicyclic) bond motifs is 1. The summed E-state index contributed by atoms with van der Waals surface area (Å²) in [4.78, 5) is 4.27. The van der Waals surface area contributed by atoms with E-state index in [4.69, 9.17) is 10.2 Å². The number of oxazole rings is 1. The maximum absolute atomic E-state index is 5.76. The molecule has 0 saturated heterocycles. The molecule has 0 fully saturated rings. The van der Waals surface area contributed by atoms with Crippen molar-refractivity contribution in [2.45, 2.75) is 26.3 Å². The van der Waals surface area contributed by atoms with Gasteiger partial charge in [0.1, 0.15) is 5.52 Å². The van der Waals surface area contributed by atoms with Crippen LogP contribution in [0.15, 0.2) is 22.6 Å². The lowest BCUT2D eigenvalue weighted by atomic mass is 10.1. The van der Waals surface area contributed by atoms with Gasteiger partial charge in [0.05, 0.1) is 0 Å². The molecule has 1 aromatic heterocycles. The number of nitrogens with two attached hydrogens (primary N) is 1. The summed E-state index contributed by atoms with van der Waals surface area (Å²) in [6.45, 7) is 3.84. The highest BCUT2D eigenvalue weighted by molar-refractivity contribution is 5.76. The number of nitrogens with zero attached hydrogens (tertiary/aromatic N) is 1. The highest BCUT2D eigenvalue weighted by Crippen LogP contribution is 2.20. The summed E-state index contributed by atoms with van der Waals surface area (Å²) in [6, 6.07) is 6.13. The maximum atomic E-state index is 5.76. The first kappa shape index (κ1) is 9.21. The second-order valence-electron chi connectivity index (χ2n) is 3.68. The molecule has 2 aromatic rings. The van der Waals surface area contributed by atoms with Crippen molar-refractivity contribution in [1.29, 1.82) is 0 Å². The van der Waals surface area contributed by atoms with E-state index in [1.165, 1.54) is 0 Å². The second kappa shape index (κ2) is 3.42. The topological polar surface area (TPSA) is 52.0 Å². The quantitative estimate of drug-likeness (QED) is 0.788. The maximum Gasteiger partial charge on any atom is 0.192 e. The van der Waals surface area contributed by atoms with Gasteiger partial charge in [0.15, 0.2) is 11.5 Å². The Morgan fingerprint density at radius 2 is 2.29 bits per heavy atom. The number of hydrogen-bond acceptors (Lipinski definition) is 3. The van der Waals surface area contributed by atoms with Crippen LogP contribution in [0.3, 0.4) is 0 Å². The first-order valence-electron chi connectivity index (χ1n) is 4.77. The van der Waals surface area contributed by atoms with Crippen molar-refractivity contribution in [3.63, 3.8) is 0 Å². The molecule has 0 aliphatic heterocycles. The van der Waals surface area contributed by atoms with Gasteiger partial charge in [-0.15, -0.1) is 0 Å². The molecule has 2 rings (SSSR count). The van der Waals surface area contributed by atoms with Crippen molar-refractivity contribution in [2.75, 3.05) is 0 Å². The van der Waals surface area contributed by atoms with Gasteiger partial charge in [-0.1, -0.05) is 12.1 Å². The molecular formula is C11H14N2O. The van der Waals surface area contributed by atoms with Crippen LogP contribution in [0.4, 0.5) is 0 Å². The van der Waals surface area contributed by atoms with E-state index in [2.05, 4.69) is 4.98 Å². The zero-order valence-electron chi connectivity index (χ0n) is 8.45. The number of benzene rings is 1. The van der Waals surface area contributed by atoms with Crippen LogP contribution >= 0.6 is 0 Å². The number of para-hydroxylation sites is 1. The van der Waals surface area contributed by atoms with Crippen LogP contribution in [0, 0.1) is 6.92 Å². The van der Waals surface area contributed by atoms with Gasteiger partial charge in [0.2, 0.25) is 0 Å². The van der Waals surface area contributed by atoms with Gasteiger partial charge in [-0.2, -0.15) is 0 Å². The van der Waals surface area contributed by atoms with E-state index >= 15 is 0 Å². The number of hydrogen-bond donors (Lipinski definition) is 1. The molecule has 0 radical (unpaired) electrons. The average Bonchev–Trinajstić information content (AvgIpc) is 2.45. The van der Waals surface area contributed by atoms with Crippen molar-refractivity contribution in [3.8, 4) is 0 Å². The van der Waals surface area contributed by atoms with Crippen molar-refractivity contribution >= 4 is 11.1 Å². The normalized spacial score (nSPS) is 13.4. The lowest BCUT2D eigenvalue weighted by molar-refractivity contribution is 0.555. The lowest BCUT2D eigenvalue weighted by Gasteiger charge is -2.04. The monoisotopic (exact) mass is 190 g/mol. The minimum atomic E-state index is 0.144. The average molecular weight is 190 g/mol. The predicted octanol–water partition coefficient (Wildman–Crippen LogP) is 2.03. The summed E-state index contributed by atoms with van der Waals surface area (Å²) in [5.74, 6) is 0.706. The molecule has 0 amide bonds. The smallest absolute Gasteiger partial charge is 0.192 e. The van der Waals surface area contributed by atoms with Crippen LogP contribution in [0.2, 0.25) is 0 Å². The van der Waals surface area contributed by atoms with Crippen LogP contribution in [0.1, 0.15) is 18.4 Å². The molecule has 0 spiro atoms. The first-order valence-corrected chi connectivity index (χ1v) is 4.77. The summed E-state index contributed by atoms with van der Waals surface area (Å²) in [6.07, 6.45) is 0.825. The molecule has 0 aliphatic rings. The Morgan fingerprint density at radius 1 is 1.50 bits per heavy atom. The Hall–Kier alpha value is -1.35. The standard InChI is InChI=1S/C11H14N2O/c1-7(12)6-9-4-3-5-10-11(9)14-8(2)13-10/h3-5,7H,6,12H2,1-2H3. The van der Waals surface area contributed by atoms with Crippen molar-refractivity contribution in [2.24, 2.45) is 5.73 Å². The summed E-state index contributed by atoms with van der Waals surface area (Å²) in [5.41, 5.74) is 8.69. The Labute approximate surface area is 82.9 Å². The second-order valence-corrected chi connectivity index (χ2v) is 3.68. The molecule has 0 aliphatic carbocycles. The fourth-order valence-electron chi connectivity index (χ4n) is 1.62. The van der Waals surface area contributed by atoms with Gasteiger partial charge < -0.3 is 10.2 Å². The van der Waals surface area contributed by atoms with Crippen LogP contribution in [-0.2, 0) is 6.42 Å². The van der Waals surface area contributed by atoms with Gasteiger partial charge >= 0.3 is 0 Å². The summed E-state index contributed by atoms with van der Waals surface area (Å²) < 4.78 is 5.53. The van der Waals surface area contributed by atoms with Gasteiger partial charge in [-0.25, -0.2) is 4.98 Å². The van der Waals surface area contributed by atoms with Crippen molar-refractivity contribution in [1.82, 2.24) is 4.98 Å². The van der Waals surface area contributed by atoms with E-state index in [1.807, 2.05) is 32.0 Å². The molecule has 1 heterocycles. The van der Waals surface area contributed by atoms with Crippen molar-refractivity contribution < 1.29 is 4.42 Å². The zero-order chi connectivity index (χ0) is 10.1. The van der Waals surface area contributed by atoms with Crippen LogP contribution in [0.5, 0.6) is 0 Å². The van der Waals surface area contributed by atoms with E-state index in [0.29, 0.717) is 5.89 Å². The molecule has 0 bridgehead atoms. The van der Waals surface area contributed by atoms with E-state index in [0.717, 1.165) is 23.1 Å². The van der Waals surface area contributed by atoms with Gasteiger partial charge in [0, 0.05) is 13.0 Å². The van der Waals surface area contributed by atoms with Crippen molar-refractivity contribution in [3.05, 3.63) is 29.7 Å². The van der Waals surface area contributed by atoms with E-state index in [9.17, 15) is 0 Å². The highest BCUT2D eigenvalue weighted by Gasteiger charge is 2.08. The molecule has 2 N–H and O–H groups in total. The Morgan fingerprint density at radius 3 is 3.00 bits per heavy atom. The van der Waals surface area contributed by atoms with E-state index in [1.54, 1.807) is 0 Å². The van der Waals surface area contributed by atoms with Gasteiger partial charge in [0.25, 0.3) is 0 Å². The SMILES string of the molecule is Cc1nc2cccc(CC(C)N)c2o1. The molecule has 74 valence electrons. The van der Waals surface area contributed by atoms with Gasteiger partial charge in [-0.05, 0) is 25.0 Å². The molecule has 1 unspecified atom stereocenters. The fraction of sp³-hybridized carbons (Fsp3) is 0.364. The minimum absolute atomic E-state index is 0.144. The fourth-order valence-corrected chi connectivity index (χ4v) is 1.62. The molecule has 14 heavy (non-hydrogen) atoms. The molecule has 3 nitrogen and oxygen atoms in total. The van der Waals surface area contributed by atoms with E-state index < -0.39 is 0 Å². The Bertz CT molecular complexity index is 445. The van der Waals surface area contributed by atoms with Crippen LogP contribution in [-0.4, -0.2) is 11.0 Å². The number of aromatic nitrogens is 1. The molecule has 3 heteroatoms. The molecule has 1 aromatic carbocycles. The molecule has 1 atom stereocenters. The summed E-state index contributed by atoms with van der Waals surface area (Å²) in [7, 11) is 0. The third-order valence-corrected chi connectivity index (χ3v) is 2.15. The van der Waals surface area contributed by atoms with Crippen LogP contribution in [0.25, 0.3) is 11.1 Å². The number of rotatable bonds is 2. The Kier molecular flexibility index (Phi) is 2.25. The first-order chi connectivity index (χ1) is 6.66. The summed E-state index contributed by atoms with van der Waals surface area (Å²) in [5, 5.41) is 0. The van der Waals surface area contributed by atoms with Crippen LogP contribution < -0.4 is 5.73 Å².